The molecular weight excluding hydrogens is 391 g/mol. The number of benzene rings is 3. The number of carbonyl (C=O) groups is 1. The van der Waals surface area contributed by atoms with Gasteiger partial charge in [0.05, 0.1) is 16.6 Å². The maximum Gasteiger partial charge on any atom is 0.251 e. The van der Waals surface area contributed by atoms with Crippen LogP contribution in [0.1, 0.15) is 23.2 Å². The maximum atomic E-state index is 15.0. The predicted octanol–water partition coefficient (Wildman–Crippen LogP) is 4.35. The molecule has 2 N–H and O–H groups in total. The van der Waals surface area contributed by atoms with Crippen molar-refractivity contribution in [3.8, 4) is 11.4 Å². The van der Waals surface area contributed by atoms with Crippen molar-refractivity contribution < 1.29 is 9.18 Å². The Kier molecular flexibility index (Phi) is 4.28. The van der Waals surface area contributed by atoms with Crippen LogP contribution < -0.4 is 5.32 Å². The summed E-state index contributed by atoms with van der Waals surface area (Å²) in [7, 11) is 0. The number of hydrogen-bond acceptors (Lipinski definition) is 3. The summed E-state index contributed by atoms with van der Waals surface area (Å²) >= 11 is 0. The number of halogens is 1. The number of carbonyl (C=O) groups excluding carboxylic acids is 1. The first kappa shape index (κ1) is 18.5. The fourth-order valence-corrected chi connectivity index (χ4v) is 5.05. The quantitative estimate of drug-likeness (QED) is 0.524. The van der Waals surface area contributed by atoms with Crippen LogP contribution in [-0.4, -0.2) is 46.5 Å². The number of fused-ring (bicyclic) bond motifs is 5. The minimum atomic E-state index is -0.454. The van der Waals surface area contributed by atoms with Gasteiger partial charge >= 0.3 is 0 Å². The van der Waals surface area contributed by atoms with Crippen molar-refractivity contribution in [3.05, 3.63) is 66.0 Å². The summed E-state index contributed by atoms with van der Waals surface area (Å²) in [6.45, 7) is 3.13. The van der Waals surface area contributed by atoms with Gasteiger partial charge in [0.1, 0.15) is 11.6 Å². The fourth-order valence-electron chi connectivity index (χ4n) is 5.05. The van der Waals surface area contributed by atoms with E-state index in [1.165, 1.54) is 6.07 Å². The second kappa shape index (κ2) is 7.17. The predicted molar refractivity (Wildman–Crippen MR) is 119 cm³/mol. The second-order valence-electron chi connectivity index (χ2n) is 8.71. The zero-order valence-corrected chi connectivity index (χ0v) is 17.1. The molecule has 3 aromatic carbocycles. The Hall–Kier alpha value is -3.25. The van der Waals surface area contributed by atoms with E-state index >= 15 is 0 Å². The summed E-state index contributed by atoms with van der Waals surface area (Å²) in [6, 6.07) is 16.9. The summed E-state index contributed by atoms with van der Waals surface area (Å²) < 4.78 is 15.0. The van der Waals surface area contributed by atoms with Gasteiger partial charge in [0, 0.05) is 18.2 Å². The molecule has 156 valence electrons. The monoisotopic (exact) mass is 414 g/mol. The lowest BCUT2D eigenvalue weighted by Gasteiger charge is -2.44. The Morgan fingerprint density at radius 1 is 1.06 bits per heavy atom. The van der Waals surface area contributed by atoms with Gasteiger partial charge in [0.25, 0.3) is 5.91 Å². The molecule has 4 aromatic rings. The third-order valence-electron chi connectivity index (χ3n) is 6.81. The maximum absolute atomic E-state index is 15.0. The number of aromatic amines is 1. The average molecular weight is 414 g/mol. The van der Waals surface area contributed by atoms with E-state index in [4.69, 9.17) is 0 Å². The normalized spacial score (nSPS) is 22.8. The molecule has 31 heavy (non-hydrogen) atoms. The van der Waals surface area contributed by atoms with Crippen LogP contribution in [0.25, 0.3) is 33.2 Å². The van der Waals surface area contributed by atoms with Gasteiger partial charge in [-0.05, 0) is 73.0 Å². The highest BCUT2D eigenvalue weighted by Gasteiger charge is 2.35. The number of aromatic nitrogens is 2. The van der Waals surface area contributed by atoms with Crippen molar-refractivity contribution in [2.45, 2.75) is 18.9 Å². The molecule has 3 aliphatic heterocycles. The highest BCUT2D eigenvalue weighted by atomic mass is 19.1. The van der Waals surface area contributed by atoms with E-state index in [1.807, 2.05) is 36.4 Å². The molecule has 3 fully saturated rings. The molecule has 0 radical (unpaired) electrons. The summed E-state index contributed by atoms with van der Waals surface area (Å²) in [4.78, 5) is 22.9. The van der Waals surface area contributed by atoms with E-state index in [9.17, 15) is 9.18 Å². The third-order valence-corrected chi connectivity index (χ3v) is 6.81. The molecule has 1 amide bonds. The van der Waals surface area contributed by atoms with E-state index in [0.717, 1.165) is 54.3 Å². The van der Waals surface area contributed by atoms with Crippen LogP contribution in [0, 0.1) is 11.7 Å². The molecule has 3 aliphatic rings. The van der Waals surface area contributed by atoms with Crippen LogP contribution in [0.15, 0.2) is 54.6 Å². The highest BCUT2D eigenvalue weighted by molar-refractivity contribution is 5.97. The van der Waals surface area contributed by atoms with Crippen molar-refractivity contribution in [3.63, 3.8) is 0 Å². The number of nitrogens with zero attached hydrogens (tertiary/aromatic N) is 2. The number of amides is 1. The van der Waals surface area contributed by atoms with Gasteiger partial charge in [-0.1, -0.05) is 24.3 Å². The molecule has 2 bridgehead atoms. The van der Waals surface area contributed by atoms with Crippen LogP contribution in [0.5, 0.6) is 0 Å². The Morgan fingerprint density at radius 2 is 1.84 bits per heavy atom. The summed E-state index contributed by atoms with van der Waals surface area (Å²) in [5, 5.41) is 5.32. The molecular formula is C25H23FN4O. The van der Waals surface area contributed by atoms with Gasteiger partial charge in [-0.3, -0.25) is 4.79 Å². The molecule has 3 saturated heterocycles. The van der Waals surface area contributed by atoms with Crippen molar-refractivity contribution in [1.82, 2.24) is 20.2 Å². The number of rotatable bonds is 3. The lowest BCUT2D eigenvalue weighted by atomic mass is 9.84. The molecule has 5 nitrogen and oxygen atoms in total. The summed E-state index contributed by atoms with van der Waals surface area (Å²) in [6.07, 6.45) is 2.25. The first-order chi connectivity index (χ1) is 15.1. The molecule has 1 unspecified atom stereocenters. The number of H-pyrrole nitrogens is 1. The second-order valence-corrected chi connectivity index (χ2v) is 8.71. The highest BCUT2D eigenvalue weighted by Crippen LogP contribution is 2.29. The van der Waals surface area contributed by atoms with Crippen LogP contribution in [0.2, 0.25) is 0 Å². The summed E-state index contributed by atoms with van der Waals surface area (Å²) in [5.41, 5.74) is 2.36. The Bertz CT molecular complexity index is 1250. The molecule has 1 atom stereocenters. The smallest absolute Gasteiger partial charge is 0.251 e. The number of nitrogens with one attached hydrogen (secondary N) is 2. The van der Waals surface area contributed by atoms with E-state index in [-0.39, 0.29) is 11.9 Å². The van der Waals surface area contributed by atoms with Crippen molar-refractivity contribution in [1.29, 1.82) is 0 Å². The SMILES string of the molecule is O=C(NC1CN2CCC1CC2)c1ccc(-c2nc3cc4ccccc4cc3[nH]2)c(F)c1. The third kappa shape index (κ3) is 3.27. The van der Waals surface area contributed by atoms with Crippen molar-refractivity contribution >= 4 is 27.7 Å². The topological polar surface area (TPSA) is 61.0 Å². The standard InChI is InChI=1S/C25H23FN4O/c26-20-11-18(25(31)29-23-14-30-9-7-15(23)8-10-30)5-6-19(20)24-27-21-12-16-3-1-2-4-17(16)13-22(21)28-24/h1-6,11-13,15,23H,7-10,14H2,(H,27,28)(H,29,31). The minimum Gasteiger partial charge on any atom is -0.348 e. The summed E-state index contributed by atoms with van der Waals surface area (Å²) in [5.74, 6) is 0.335. The first-order valence-corrected chi connectivity index (χ1v) is 10.9. The molecule has 0 spiro atoms. The van der Waals surface area contributed by atoms with Crippen LogP contribution in [-0.2, 0) is 0 Å². The van der Waals surface area contributed by atoms with Gasteiger partial charge in [-0.25, -0.2) is 9.37 Å². The lowest BCUT2D eigenvalue weighted by Crippen LogP contribution is -2.57. The van der Waals surface area contributed by atoms with Gasteiger partial charge in [-0.2, -0.15) is 0 Å². The van der Waals surface area contributed by atoms with Gasteiger partial charge in [0.2, 0.25) is 0 Å². The Labute approximate surface area is 179 Å². The van der Waals surface area contributed by atoms with Gasteiger partial charge in [-0.15, -0.1) is 0 Å². The zero-order chi connectivity index (χ0) is 20.9. The minimum absolute atomic E-state index is 0.155. The zero-order valence-electron chi connectivity index (χ0n) is 17.1. The molecule has 0 saturated carbocycles. The van der Waals surface area contributed by atoms with Gasteiger partial charge < -0.3 is 15.2 Å². The lowest BCUT2D eigenvalue weighted by molar-refractivity contribution is 0.0620. The van der Waals surface area contributed by atoms with Crippen molar-refractivity contribution in [2.24, 2.45) is 5.92 Å². The molecule has 6 heteroatoms. The first-order valence-electron chi connectivity index (χ1n) is 10.9. The van der Waals surface area contributed by atoms with Gasteiger partial charge in [0.15, 0.2) is 0 Å². The van der Waals surface area contributed by atoms with Crippen LogP contribution in [0.3, 0.4) is 0 Å². The van der Waals surface area contributed by atoms with E-state index in [0.29, 0.717) is 22.9 Å². The van der Waals surface area contributed by atoms with Crippen LogP contribution >= 0.6 is 0 Å². The van der Waals surface area contributed by atoms with Crippen molar-refractivity contribution in [2.75, 3.05) is 19.6 Å². The Morgan fingerprint density at radius 3 is 2.55 bits per heavy atom. The largest absolute Gasteiger partial charge is 0.348 e. The number of piperidine rings is 3. The van der Waals surface area contributed by atoms with Crippen LogP contribution in [0.4, 0.5) is 4.39 Å². The molecule has 4 heterocycles. The Balaban J connectivity index is 1.27. The molecule has 0 aliphatic carbocycles. The number of hydrogen-bond donors (Lipinski definition) is 2. The molecule has 1 aromatic heterocycles. The van der Waals surface area contributed by atoms with E-state index in [2.05, 4.69) is 20.2 Å². The van der Waals surface area contributed by atoms with E-state index < -0.39 is 5.82 Å². The molecule has 7 rings (SSSR count). The number of imidazole rings is 1. The average Bonchev–Trinajstić information content (AvgIpc) is 3.20. The fraction of sp³-hybridized carbons (Fsp3) is 0.280. The van der Waals surface area contributed by atoms with E-state index in [1.54, 1.807) is 12.1 Å².